The van der Waals surface area contributed by atoms with E-state index in [1.54, 1.807) is 54.3 Å². The van der Waals surface area contributed by atoms with Crippen LogP contribution in [0.25, 0.3) is 16.6 Å². The summed E-state index contributed by atoms with van der Waals surface area (Å²) in [5, 5.41) is 6.87. The molecule has 2 aromatic carbocycles. The summed E-state index contributed by atoms with van der Waals surface area (Å²) in [6, 6.07) is 13.2. The van der Waals surface area contributed by atoms with Crippen molar-refractivity contribution in [2.75, 3.05) is 18.8 Å². The molecule has 0 aliphatic carbocycles. The van der Waals surface area contributed by atoms with Crippen molar-refractivity contribution in [3.63, 3.8) is 0 Å². The molecule has 3 N–H and O–H groups in total. The summed E-state index contributed by atoms with van der Waals surface area (Å²) < 4.78 is 21.4. The van der Waals surface area contributed by atoms with Gasteiger partial charge in [-0.05, 0) is 61.2 Å². The zero-order valence-corrected chi connectivity index (χ0v) is 18.9. The Morgan fingerprint density at radius 2 is 2.00 bits per heavy atom. The minimum absolute atomic E-state index is 0.0482. The molecule has 3 heterocycles. The fourth-order valence-electron chi connectivity index (χ4n) is 4.46. The predicted molar refractivity (Wildman–Crippen MR) is 130 cm³/mol. The van der Waals surface area contributed by atoms with E-state index in [2.05, 4.69) is 22.0 Å². The number of nitrogens with two attached hydrogens (primary N) is 1. The number of benzene rings is 2. The molecule has 35 heavy (non-hydrogen) atoms. The summed E-state index contributed by atoms with van der Waals surface area (Å²) >= 11 is 0. The monoisotopic (exact) mass is 471 g/mol. The number of ether oxygens (including phenoxy) is 1. The van der Waals surface area contributed by atoms with Crippen molar-refractivity contribution in [2.24, 2.45) is 0 Å². The lowest BCUT2D eigenvalue weighted by Gasteiger charge is -2.12. The molecular weight excluding hydrogens is 449 g/mol. The van der Waals surface area contributed by atoms with Crippen LogP contribution in [-0.2, 0) is 4.79 Å². The molecule has 0 spiro atoms. The number of aromatic amines is 1. The van der Waals surface area contributed by atoms with Crippen LogP contribution >= 0.6 is 0 Å². The summed E-state index contributed by atoms with van der Waals surface area (Å²) in [6.07, 6.45) is 2.57. The third kappa shape index (κ3) is 4.10. The van der Waals surface area contributed by atoms with Crippen molar-refractivity contribution in [1.29, 1.82) is 0 Å². The van der Waals surface area contributed by atoms with Crippen LogP contribution in [0.3, 0.4) is 0 Å². The first-order chi connectivity index (χ1) is 17.0. The topological polar surface area (TPSA) is 106 Å². The van der Waals surface area contributed by atoms with Gasteiger partial charge in [-0.1, -0.05) is 18.1 Å². The van der Waals surface area contributed by atoms with Gasteiger partial charge in [0.1, 0.15) is 11.3 Å². The van der Waals surface area contributed by atoms with Crippen molar-refractivity contribution in [3.05, 3.63) is 76.5 Å². The Labute approximate surface area is 200 Å². The molecule has 0 radical (unpaired) electrons. The van der Waals surface area contributed by atoms with E-state index in [0.717, 1.165) is 11.3 Å². The van der Waals surface area contributed by atoms with Gasteiger partial charge >= 0.3 is 0 Å². The molecule has 4 aromatic rings. The second-order valence-corrected chi connectivity index (χ2v) is 8.25. The molecule has 2 aromatic heterocycles. The molecule has 1 atom stereocenters. The van der Waals surface area contributed by atoms with Crippen LogP contribution in [0.5, 0.6) is 11.5 Å². The van der Waals surface area contributed by atoms with E-state index in [-0.39, 0.29) is 29.0 Å². The molecule has 9 heteroatoms. The van der Waals surface area contributed by atoms with Crippen LogP contribution in [-0.4, -0.2) is 38.7 Å². The zero-order valence-electron chi connectivity index (χ0n) is 18.9. The minimum Gasteiger partial charge on any atom is -0.454 e. The fourth-order valence-corrected chi connectivity index (χ4v) is 4.46. The average Bonchev–Trinajstić information content (AvgIpc) is 3.50. The lowest BCUT2D eigenvalue weighted by molar-refractivity contribution is -0.124. The summed E-state index contributed by atoms with van der Waals surface area (Å²) in [5.74, 6) is 5.25. The van der Waals surface area contributed by atoms with E-state index in [4.69, 9.17) is 10.5 Å². The Hall–Kier alpha value is -4.58. The maximum atomic E-state index is 13.9. The number of aromatic nitrogens is 3. The molecule has 5 rings (SSSR count). The van der Waals surface area contributed by atoms with Gasteiger partial charge in [0, 0.05) is 30.9 Å². The van der Waals surface area contributed by atoms with Gasteiger partial charge in [-0.2, -0.15) is 5.10 Å². The van der Waals surface area contributed by atoms with Crippen LogP contribution in [0, 0.1) is 17.7 Å². The number of amides is 1. The highest BCUT2D eigenvalue weighted by Gasteiger charge is 2.30. The van der Waals surface area contributed by atoms with Crippen LogP contribution in [0.1, 0.15) is 24.8 Å². The number of nitrogens with zero attached hydrogens (tertiary/aromatic N) is 3. The first-order valence-corrected chi connectivity index (χ1v) is 11.1. The van der Waals surface area contributed by atoms with Gasteiger partial charge < -0.3 is 19.9 Å². The summed E-state index contributed by atoms with van der Waals surface area (Å²) in [6.45, 7) is 2.65. The van der Waals surface area contributed by atoms with Crippen LogP contribution in [0.2, 0.25) is 0 Å². The number of halogens is 1. The predicted octanol–water partition coefficient (Wildman–Crippen LogP) is 3.57. The number of nitrogen functional groups attached to an aromatic ring is 1. The van der Waals surface area contributed by atoms with E-state index in [9.17, 15) is 14.0 Å². The minimum atomic E-state index is -0.454. The van der Waals surface area contributed by atoms with Crippen molar-refractivity contribution in [1.82, 2.24) is 19.7 Å². The molecule has 1 aliphatic rings. The molecule has 0 unspecified atom stereocenters. The van der Waals surface area contributed by atoms with Crippen molar-refractivity contribution in [3.8, 4) is 29.0 Å². The van der Waals surface area contributed by atoms with Crippen LogP contribution < -0.4 is 16.0 Å². The highest BCUT2D eigenvalue weighted by molar-refractivity contribution is 5.94. The van der Waals surface area contributed by atoms with Gasteiger partial charge in [0.2, 0.25) is 0 Å². The second-order valence-electron chi connectivity index (χ2n) is 8.25. The molecule has 8 nitrogen and oxygen atoms in total. The highest BCUT2D eigenvalue weighted by Crippen LogP contribution is 2.35. The standard InChI is InChI=1S/C26H22FN5O3/c1-2-5-22(33)31-13-12-16(14-31)19-15-32(24-23(19)26(34)30-29-25(24)28)17-8-10-18(11-9-17)35-21-7-4-3-6-20(21)27/h3-4,6-11,15-16H,12-14H2,1H3,(H2,28,29)(H,30,34)/t16-/m0/s1. The third-order valence-corrected chi connectivity index (χ3v) is 6.11. The number of carbonyl (C=O) groups excluding carboxylic acids is 1. The number of hydrogen-bond donors (Lipinski definition) is 2. The molecule has 1 aliphatic heterocycles. The average molecular weight is 471 g/mol. The maximum absolute atomic E-state index is 13.9. The van der Waals surface area contributed by atoms with E-state index in [0.29, 0.717) is 36.2 Å². The van der Waals surface area contributed by atoms with Crippen molar-refractivity contribution in [2.45, 2.75) is 19.3 Å². The van der Waals surface area contributed by atoms with Gasteiger partial charge in [-0.15, -0.1) is 0 Å². The molecular formula is C26H22FN5O3. The highest BCUT2D eigenvalue weighted by atomic mass is 19.1. The Morgan fingerprint density at radius 3 is 2.74 bits per heavy atom. The number of para-hydroxylation sites is 1. The van der Waals surface area contributed by atoms with E-state index < -0.39 is 5.82 Å². The van der Waals surface area contributed by atoms with Gasteiger partial charge in [-0.25, -0.2) is 9.49 Å². The number of carbonyl (C=O) groups is 1. The SMILES string of the molecule is CC#CC(=O)N1CC[C@H](c2cn(-c3ccc(Oc4ccccc4F)cc3)c3c(N)n[nH]c(=O)c23)C1. The first-order valence-electron chi connectivity index (χ1n) is 11.1. The maximum Gasteiger partial charge on any atom is 0.298 e. The number of anilines is 1. The third-order valence-electron chi connectivity index (χ3n) is 6.11. The van der Waals surface area contributed by atoms with E-state index >= 15 is 0 Å². The molecule has 176 valence electrons. The largest absolute Gasteiger partial charge is 0.454 e. The smallest absolute Gasteiger partial charge is 0.298 e. The lowest BCUT2D eigenvalue weighted by atomic mass is 9.99. The fraction of sp³-hybridized carbons (Fsp3) is 0.192. The lowest BCUT2D eigenvalue weighted by Crippen LogP contribution is -2.27. The summed E-state index contributed by atoms with van der Waals surface area (Å²) in [5.41, 5.74) is 7.85. The number of fused-ring (bicyclic) bond motifs is 1. The van der Waals surface area contributed by atoms with Crippen LogP contribution in [0.15, 0.2) is 59.5 Å². The van der Waals surface area contributed by atoms with Gasteiger partial charge in [0.25, 0.3) is 11.5 Å². The Morgan fingerprint density at radius 1 is 1.23 bits per heavy atom. The Bertz CT molecular complexity index is 1550. The van der Waals surface area contributed by atoms with Gasteiger partial charge in [0.15, 0.2) is 17.4 Å². The number of rotatable bonds is 4. The second kappa shape index (κ2) is 8.99. The molecule has 1 saturated heterocycles. The molecule has 0 bridgehead atoms. The number of likely N-dealkylation sites (tertiary alicyclic amines) is 1. The first kappa shape index (κ1) is 22.2. The summed E-state index contributed by atoms with van der Waals surface area (Å²) in [4.78, 5) is 26.7. The normalized spacial score (nSPS) is 15.1. The number of nitrogens with one attached hydrogen (secondary N) is 1. The van der Waals surface area contributed by atoms with E-state index in [1.807, 2.05) is 10.8 Å². The van der Waals surface area contributed by atoms with Gasteiger partial charge in [0.05, 0.1) is 5.39 Å². The summed E-state index contributed by atoms with van der Waals surface area (Å²) in [7, 11) is 0. The Balaban J connectivity index is 1.52. The van der Waals surface area contributed by atoms with Crippen molar-refractivity contribution < 1.29 is 13.9 Å². The molecule has 1 fully saturated rings. The Kier molecular flexibility index (Phi) is 5.71. The quantitative estimate of drug-likeness (QED) is 0.443. The van der Waals surface area contributed by atoms with E-state index in [1.165, 1.54) is 6.07 Å². The van der Waals surface area contributed by atoms with Crippen LogP contribution in [0.4, 0.5) is 10.2 Å². The molecule has 1 amide bonds. The van der Waals surface area contributed by atoms with Crippen molar-refractivity contribution >= 4 is 22.6 Å². The zero-order chi connectivity index (χ0) is 24.5. The number of H-pyrrole nitrogens is 1. The molecule has 0 saturated carbocycles. The van der Waals surface area contributed by atoms with Gasteiger partial charge in [-0.3, -0.25) is 9.59 Å². The number of hydrogen-bond acceptors (Lipinski definition) is 5.